The lowest BCUT2D eigenvalue weighted by atomic mass is 10.2. The highest BCUT2D eigenvalue weighted by atomic mass is 16.5. The smallest absolute Gasteiger partial charge is 0.284 e. The Bertz CT molecular complexity index is 239. The van der Waals surface area contributed by atoms with Gasteiger partial charge in [-0.3, -0.25) is 9.79 Å². The highest BCUT2D eigenvalue weighted by Gasteiger charge is 2.32. The van der Waals surface area contributed by atoms with Gasteiger partial charge in [-0.15, -0.1) is 0 Å². The standard InChI is InChI=1S/C7H11N3O2/c8-6(11)7-9-3-5-4-12-2-1-10(5)7/h5H,1-4H2,(H2,8,11). The Kier molecular flexibility index (Phi) is 1.73. The topological polar surface area (TPSA) is 67.9 Å². The highest BCUT2D eigenvalue weighted by Crippen LogP contribution is 2.14. The Balaban J connectivity index is 2.13. The van der Waals surface area contributed by atoms with Gasteiger partial charge >= 0.3 is 0 Å². The van der Waals surface area contributed by atoms with Crippen LogP contribution in [0.2, 0.25) is 0 Å². The minimum absolute atomic E-state index is 0.237. The molecule has 2 rings (SSSR count). The summed E-state index contributed by atoms with van der Waals surface area (Å²) in [5.41, 5.74) is 5.15. The molecular weight excluding hydrogens is 158 g/mol. The molecule has 66 valence electrons. The molecule has 0 aromatic rings. The van der Waals surface area contributed by atoms with E-state index in [1.807, 2.05) is 4.90 Å². The van der Waals surface area contributed by atoms with Crippen molar-refractivity contribution in [2.45, 2.75) is 6.04 Å². The van der Waals surface area contributed by atoms with Crippen molar-refractivity contribution in [2.24, 2.45) is 10.7 Å². The van der Waals surface area contributed by atoms with Gasteiger partial charge in [-0.2, -0.15) is 0 Å². The van der Waals surface area contributed by atoms with Gasteiger partial charge in [0.05, 0.1) is 25.8 Å². The number of ether oxygens (including phenoxy) is 1. The quantitative estimate of drug-likeness (QED) is 0.524. The van der Waals surface area contributed by atoms with Crippen molar-refractivity contribution < 1.29 is 9.53 Å². The number of carbonyl (C=O) groups excluding carboxylic acids is 1. The molecule has 5 nitrogen and oxygen atoms in total. The Morgan fingerprint density at radius 2 is 2.58 bits per heavy atom. The second-order valence-electron chi connectivity index (χ2n) is 2.95. The zero-order valence-corrected chi connectivity index (χ0v) is 6.69. The summed E-state index contributed by atoms with van der Waals surface area (Å²) in [6, 6.07) is 0.237. The summed E-state index contributed by atoms with van der Waals surface area (Å²) in [5.74, 6) is -0.0114. The van der Waals surface area contributed by atoms with E-state index in [4.69, 9.17) is 10.5 Å². The van der Waals surface area contributed by atoms with Gasteiger partial charge in [0.1, 0.15) is 0 Å². The SMILES string of the molecule is NC(=O)C1=NCC2COCCN12. The van der Waals surface area contributed by atoms with Gasteiger partial charge in [-0.05, 0) is 0 Å². The lowest BCUT2D eigenvalue weighted by Crippen LogP contribution is -2.49. The van der Waals surface area contributed by atoms with E-state index in [1.54, 1.807) is 0 Å². The average molecular weight is 169 g/mol. The molecule has 2 heterocycles. The third-order valence-electron chi connectivity index (χ3n) is 2.17. The molecule has 12 heavy (non-hydrogen) atoms. The monoisotopic (exact) mass is 169 g/mol. The van der Waals surface area contributed by atoms with Crippen LogP contribution in [0.15, 0.2) is 4.99 Å². The summed E-state index contributed by atoms with van der Waals surface area (Å²) in [6.45, 7) is 2.67. The van der Waals surface area contributed by atoms with E-state index >= 15 is 0 Å². The third-order valence-corrected chi connectivity index (χ3v) is 2.17. The number of nitrogens with two attached hydrogens (primary N) is 1. The van der Waals surface area contributed by atoms with Gasteiger partial charge in [0, 0.05) is 6.54 Å². The normalized spacial score (nSPS) is 28.2. The number of primary amides is 1. The molecule has 0 aromatic heterocycles. The molecule has 0 saturated carbocycles. The summed E-state index contributed by atoms with van der Waals surface area (Å²) in [5, 5.41) is 0. The fourth-order valence-electron chi connectivity index (χ4n) is 1.59. The summed E-state index contributed by atoms with van der Waals surface area (Å²) in [4.78, 5) is 16.9. The summed E-state index contributed by atoms with van der Waals surface area (Å²) >= 11 is 0. The van der Waals surface area contributed by atoms with E-state index in [0.717, 1.165) is 6.54 Å². The molecule has 0 radical (unpaired) electrons. The molecule has 0 aromatic carbocycles. The first-order valence-corrected chi connectivity index (χ1v) is 3.97. The molecule has 0 aliphatic carbocycles. The van der Waals surface area contributed by atoms with Crippen LogP contribution in [0.1, 0.15) is 0 Å². The van der Waals surface area contributed by atoms with Crippen molar-refractivity contribution in [3.05, 3.63) is 0 Å². The Hall–Kier alpha value is -1.10. The first kappa shape index (κ1) is 7.54. The molecule has 2 N–H and O–H groups in total. The van der Waals surface area contributed by atoms with Crippen LogP contribution in [-0.4, -0.2) is 49.0 Å². The fraction of sp³-hybridized carbons (Fsp3) is 0.714. The number of amidine groups is 1. The molecule has 2 aliphatic rings. The van der Waals surface area contributed by atoms with Crippen molar-refractivity contribution in [1.82, 2.24) is 4.90 Å². The Morgan fingerprint density at radius 1 is 1.75 bits per heavy atom. The number of rotatable bonds is 1. The number of nitrogens with zero attached hydrogens (tertiary/aromatic N) is 2. The summed E-state index contributed by atoms with van der Waals surface area (Å²) in [6.07, 6.45) is 0. The van der Waals surface area contributed by atoms with E-state index in [9.17, 15) is 4.79 Å². The van der Waals surface area contributed by atoms with E-state index in [-0.39, 0.29) is 6.04 Å². The van der Waals surface area contributed by atoms with Gasteiger partial charge in [-0.25, -0.2) is 0 Å². The number of fused-ring (bicyclic) bond motifs is 1. The number of hydrogen-bond acceptors (Lipinski definition) is 4. The molecule has 1 unspecified atom stereocenters. The zero-order chi connectivity index (χ0) is 8.55. The molecule has 2 aliphatic heterocycles. The molecule has 1 atom stereocenters. The van der Waals surface area contributed by atoms with Crippen LogP contribution < -0.4 is 5.73 Å². The van der Waals surface area contributed by atoms with Gasteiger partial charge in [0.15, 0.2) is 5.84 Å². The number of amides is 1. The fourth-order valence-corrected chi connectivity index (χ4v) is 1.59. The van der Waals surface area contributed by atoms with Gasteiger partial charge in [0.25, 0.3) is 5.91 Å². The number of carbonyl (C=O) groups is 1. The molecule has 0 bridgehead atoms. The summed E-state index contributed by atoms with van der Waals surface area (Å²) < 4.78 is 5.24. The minimum atomic E-state index is -0.431. The Labute approximate surface area is 70.2 Å². The number of hydrogen-bond donors (Lipinski definition) is 1. The maximum Gasteiger partial charge on any atom is 0.284 e. The molecule has 1 saturated heterocycles. The molecule has 1 fully saturated rings. The second kappa shape index (κ2) is 2.75. The van der Waals surface area contributed by atoms with E-state index < -0.39 is 5.91 Å². The molecule has 0 spiro atoms. The van der Waals surface area contributed by atoms with Crippen molar-refractivity contribution in [2.75, 3.05) is 26.3 Å². The predicted octanol–water partition coefficient (Wildman–Crippen LogP) is -1.42. The first-order chi connectivity index (χ1) is 5.79. The Morgan fingerprint density at radius 3 is 3.33 bits per heavy atom. The van der Waals surface area contributed by atoms with Crippen molar-refractivity contribution >= 4 is 11.7 Å². The van der Waals surface area contributed by atoms with Crippen molar-refractivity contribution in [1.29, 1.82) is 0 Å². The van der Waals surface area contributed by atoms with E-state index in [2.05, 4.69) is 4.99 Å². The van der Waals surface area contributed by atoms with Gasteiger partial charge in [0.2, 0.25) is 0 Å². The van der Waals surface area contributed by atoms with Crippen LogP contribution in [0.25, 0.3) is 0 Å². The van der Waals surface area contributed by atoms with Gasteiger partial charge < -0.3 is 15.4 Å². The van der Waals surface area contributed by atoms with Crippen LogP contribution in [-0.2, 0) is 9.53 Å². The average Bonchev–Trinajstić information content (AvgIpc) is 2.47. The van der Waals surface area contributed by atoms with Crippen LogP contribution in [0.4, 0.5) is 0 Å². The maximum atomic E-state index is 10.9. The second-order valence-corrected chi connectivity index (χ2v) is 2.95. The maximum absolute atomic E-state index is 10.9. The molecule has 1 amide bonds. The lowest BCUT2D eigenvalue weighted by Gasteiger charge is -2.30. The lowest BCUT2D eigenvalue weighted by molar-refractivity contribution is -0.112. The zero-order valence-electron chi connectivity index (χ0n) is 6.69. The highest BCUT2D eigenvalue weighted by molar-refractivity contribution is 6.37. The number of morpholine rings is 1. The van der Waals surface area contributed by atoms with Crippen LogP contribution in [0.3, 0.4) is 0 Å². The van der Waals surface area contributed by atoms with Crippen LogP contribution in [0, 0.1) is 0 Å². The molecule has 5 heteroatoms. The van der Waals surface area contributed by atoms with E-state index in [0.29, 0.717) is 25.6 Å². The van der Waals surface area contributed by atoms with Crippen LogP contribution in [0.5, 0.6) is 0 Å². The van der Waals surface area contributed by atoms with Crippen molar-refractivity contribution in [3.8, 4) is 0 Å². The first-order valence-electron chi connectivity index (χ1n) is 3.97. The molecular formula is C7H11N3O2. The largest absolute Gasteiger partial charge is 0.377 e. The van der Waals surface area contributed by atoms with Crippen molar-refractivity contribution in [3.63, 3.8) is 0 Å². The summed E-state index contributed by atoms with van der Waals surface area (Å²) in [7, 11) is 0. The van der Waals surface area contributed by atoms with Gasteiger partial charge in [-0.1, -0.05) is 0 Å². The van der Waals surface area contributed by atoms with Crippen LogP contribution >= 0.6 is 0 Å². The minimum Gasteiger partial charge on any atom is -0.377 e. The third kappa shape index (κ3) is 1.06. The number of aliphatic imine (C=N–C) groups is 1. The predicted molar refractivity (Wildman–Crippen MR) is 42.8 cm³/mol. The van der Waals surface area contributed by atoms with E-state index in [1.165, 1.54) is 0 Å².